The first-order chi connectivity index (χ1) is 25.5. The van der Waals surface area contributed by atoms with Crippen LogP contribution in [0.5, 0.6) is 0 Å². The Morgan fingerprint density at radius 2 is 1.19 bits per heavy atom. The summed E-state index contributed by atoms with van der Waals surface area (Å²) in [4.78, 5) is 4.88. The van der Waals surface area contributed by atoms with Crippen molar-refractivity contribution < 1.29 is 4.42 Å². The molecule has 0 saturated heterocycles. The van der Waals surface area contributed by atoms with Crippen LogP contribution in [0.4, 0.5) is 11.4 Å². The molecule has 1 aliphatic heterocycles. The molecular weight excluding hydrogens is 677 g/mol. The van der Waals surface area contributed by atoms with Gasteiger partial charge < -0.3 is 23.0 Å². The number of para-hydroxylation sites is 3. The van der Waals surface area contributed by atoms with Crippen molar-refractivity contribution in [3.8, 4) is 16.8 Å². The molecule has 5 nitrogen and oxygen atoms in total. The number of aryl methyl sites for hydroxylation is 2. The Morgan fingerprint density at radius 1 is 0.462 bits per heavy atom. The van der Waals surface area contributed by atoms with Crippen molar-refractivity contribution in [2.75, 3.05) is 11.9 Å². The molecule has 0 radical (unpaired) electrons. The van der Waals surface area contributed by atoms with Gasteiger partial charge in [0.2, 0.25) is 0 Å². The number of aromatic nitrogens is 3. The molecule has 11 rings (SSSR count). The van der Waals surface area contributed by atoms with E-state index in [9.17, 15) is 0 Å². The SMILES string of the molecule is CN1c2ccc(-c3ccc4c(c3)n(C)c3cc5oc6ccccc6sc5cc3n4-c3ccccc3)cc2Sc2cc3c(cc21)c1ccccc1n3C. The van der Waals surface area contributed by atoms with Crippen LogP contribution in [0.15, 0.2) is 154 Å². The Kier molecular flexibility index (Phi) is 6.34. The van der Waals surface area contributed by atoms with Crippen molar-refractivity contribution in [2.24, 2.45) is 14.1 Å². The van der Waals surface area contributed by atoms with Gasteiger partial charge in [-0.25, -0.2) is 0 Å². The van der Waals surface area contributed by atoms with Crippen LogP contribution in [0.2, 0.25) is 0 Å². The lowest BCUT2D eigenvalue weighted by Gasteiger charge is -2.30. The highest BCUT2D eigenvalue weighted by Crippen LogP contribution is 2.50. The van der Waals surface area contributed by atoms with E-state index in [1.165, 1.54) is 54.1 Å². The van der Waals surface area contributed by atoms with E-state index >= 15 is 0 Å². The third-order valence-corrected chi connectivity index (χ3v) is 12.9. The minimum Gasteiger partial charge on any atom is -0.454 e. The van der Waals surface area contributed by atoms with Crippen molar-refractivity contribution in [2.45, 2.75) is 9.79 Å². The molecular formula is C45H32N4OS2. The van der Waals surface area contributed by atoms with Crippen molar-refractivity contribution in [3.05, 3.63) is 140 Å². The van der Waals surface area contributed by atoms with E-state index < -0.39 is 0 Å². The van der Waals surface area contributed by atoms with Gasteiger partial charge in [-0.2, -0.15) is 0 Å². The van der Waals surface area contributed by atoms with Crippen molar-refractivity contribution in [1.82, 2.24) is 13.7 Å². The van der Waals surface area contributed by atoms with Gasteiger partial charge in [0.25, 0.3) is 0 Å². The zero-order valence-corrected chi connectivity index (χ0v) is 30.4. The average Bonchev–Trinajstić information content (AvgIpc) is 3.46. The summed E-state index contributed by atoms with van der Waals surface area (Å²) in [5.74, 6) is 0. The zero-order chi connectivity index (χ0) is 34.7. The summed E-state index contributed by atoms with van der Waals surface area (Å²) in [7, 11) is 6.53. The second kappa shape index (κ2) is 11.1. The Morgan fingerprint density at radius 3 is 2.10 bits per heavy atom. The average molecular weight is 709 g/mol. The maximum absolute atomic E-state index is 6.47. The molecule has 250 valence electrons. The first kappa shape index (κ1) is 29.8. The zero-order valence-electron chi connectivity index (χ0n) is 28.8. The summed E-state index contributed by atoms with van der Waals surface area (Å²) >= 11 is 3.63. The second-order valence-electron chi connectivity index (χ2n) is 13.6. The summed E-state index contributed by atoms with van der Waals surface area (Å²) < 4.78 is 15.7. The number of nitrogens with zero attached hydrogens (tertiary/aromatic N) is 4. The number of rotatable bonds is 2. The van der Waals surface area contributed by atoms with Gasteiger partial charge in [-0.3, -0.25) is 0 Å². The Labute approximate surface area is 307 Å². The van der Waals surface area contributed by atoms with Gasteiger partial charge in [-0.1, -0.05) is 72.4 Å². The maximum Gasteiger partial charge on any atom is 0.146 e. The van der Waals surface area contributed by atoms with Gasteiger partial charge in [0.05, 0.1) is 48.4 Å². The summed E-state index contributed by atoms with van der Waals surface area (Å²) in [5, 5.41) is 2.59. The van der Waals surface area contributed by atoms with E-state index in [4.69, 9.17) is 4.42 Å². The molecule has 7 aromatic carbocycles. The van der Waals surface area contributed by atoms with Crippen LogP contribution in [0.1, 0.15) is 0 Å². The highest BCUT2D eigenvalue weighted by atomic mass is 32.2. The normalized spacial score (nSPS) is 12.8. The van der Waals surface area contributed by atoms with Crippen LogP contribution in [-0.4, -0.2) is 20.7 Å². The second-order valence-corrected chi connectivity index (χ2v) is 15.8. The van der Waals surface area contributed by atoms with Crippen LogP contribution in [0.25, 0.3) is 81.3 Å². The molecule has 0 unspecified atom stereocenters. The molecule has 3 aromatic heterocycles. The molecule has 0 spiro atoms. The third-order valence-electron chi connectivity index (χ3n) is 10.8. The quantitative estimate of drug-likeness (QED) is 0.168. The highest BCUT2D eigenvalue weighted by molar-refractivity contribution is 7.99. The summed E-state index contributed by atoms with van der Waals surface area (Å²) in [6.07, 6.45) is 0. The molecule has 52 heavy (non-hydrogen) atoms. The topological polar surface area (TPSA) is 31.2 Å². The largest absolute Gasteiger partial charge is 0.454 e. The Balaban J connectivity index is 1.08. The van der Waals surface area contributed by atoms with Crippen LogP contribution in [0.3, 0.4) is 0 Å². The maximum atomic E-state index is 6.47. The van der Waals surface area contributed by atoms with Gasteiger partial charge in [-0.05, 0) is 83.9 Å². The fraction of sp³-hybridized carbons (Fsp3) is 0.0667. The first-order valence-electron chi connectivity index (χ1n) is 17.4. The van der Waals surface area contributed by atoms with E-state index in [2.05, 4.69) is 167 Å². The van der Waals surface area contributed by atoms with E-state index in [-0.39, 0.29) is 0 Å². The molecule has 0 saturated carbocycles. The third kappa shape index (κ3) is 4.30. The van der Waals surface area contributed by atoms with Gasteiger partial charge in [-0.15, -0.1) is 11.3 Å². The molecule has 4 heterocycles. The van der Waals surface area contributed by atoms with E-state index in [0.717, 1.165) is 48.3 Å². The van der Waals surface area contributed by atoms with Crippen molar-refractivity contribution in [1.29, 1.82) is 0 Å². The predicted molar refractivity (Wildman–Crippen MR) is 221 cm³/mol. The standard InChI is InChI=1S/C45H32N4OS2/c1-46-32-14-8-7-13-30(32)31-23-39-44(25-35(31)46)52-43-22-28(18-20-34(43)47(39)2)27-17-19-33-36(21-27)48(3)37-24-41-45(51-42-16-10-9-15-40(42)50-41)26-38(37)49(33)29-11-5-4-6-12-29/h4-26H,1-3H3. The predicted octanol–water partition coefficient (Wildman–Crippen LogP) is 12.8. The summed E-state index contributed by atoms with van der Waals surface area (Å²) in [5.41, 5.74) is 14.8. The minimum atomic E-state index is 0.888. The smallest absolute Gasteiger partial charge is 0.146 e. The molecule has 10 aromatic rings. The van der Waals surface area contributed by atoms with Crippen molar-refractivity contribution >= 4 is 98.9 Å². The molecule has 0 amide bonds. The molecule has 0 N–H and O–H groups in total. The van der Waals surface area contributed by atoms with E-state index in [1.54, 1.807) is 11.3 Å². The van der Waals surface area contributed by atoms with Gasteiger partial charge in [0.15, 0.2) is 0 Å². The monoisotopic (exact) mass is 708 g/mol. The lowest BCUT2D eigenvalue weighted by molar-refractivity contribution is 0.663. The lowest BCUT2D eigenvalue weighted by atomic mass is 10.0. The lowest BCUT2D eigenvalue weighted by Crippen LogP contribution is -2.14. The fourth-order valence-electron chi connectivity index (χ4n) is 8.10. The van der Waals surface area contributed by atoms with Crippen LogP contribution >= 0.6 is 23.1 Å². The van der Waals surface area contributed by atoms with Gasteiger partial charge in [0.1, 0.15) is 11.2 Å². The number of hydrogen-bond donors (Lipinski definition) is 0. The number of benzene rings is 7. The molecule has 0 aliphatic carbocycles. The van der Waals surface area contributed by atoms with E-state index in [1.807, 2.05) is 23.9 Å². The van der Waals surface area contributed by atoms with Gasteiger partial charge in [0, 0.05) is 59.0 Å². The number of anilines is 2. The minimum absolute atomic E-state index is 0.888. The number of hydrogen-bond acceptors (Lipinski definition) is 4. The van der Waals surface area contributed by atoms with Crippen LogP contribution in [-0.2, 0) is 14.1 Å². The van der Waals surface area contributed by atoms with Crippen LogP contribution in [0, 0.1) is 0 Å². The van der Waals surface area contributed by atoms with E-state index in [0.29, 0.717) is 0 Å². The highest BCUT2D eigenvalue weighted by Gasteiger charge is 2.24. The first-order valence-corrected chi connectivity index (χ1v) is 19.1. The van der Waals surface area contributed by atoms with Crippen LogP contribution < -0.4 is 4.90 Å². The summed E-state index contributed by atoms with van der Waals surface area (Å²) in [6.45, 7) is 0. The molecule has 7 heteroatoms. The molecule has 1 aliphatic rings. The summed E-state index contributed by atoms with van der Waals surface area (Å²) in [6, 6.07) is 50.6. The Bertz CT molecular complexity index is 3160. The molecule has 0 bridgehead atoms. The molecule has 0 atom stereocenters. The van der Waals surface area contributed by atoms with Gasteiger partial charge >= 0.3 is 0 Å². The van der Waals surface area contributed by atoms with Crippen molar-refractivity contribution in [3.63, 3.8) is 0 Å². The Hall–Kier alpha value is -5.89. The fourth-order valence-corrected chi connectivity index (χ4v) is 10.3. The molecule has 0 fully saturated rings. The number of fused-ring (bicyclic) bond motifs is 9.